The van der Waals surface area contributed by atoms with Gasteiger partial charge in [-0.15, -0.1) is 0 Å². The molecule has 0 saturated carbocycles. The van der Waals surface area contributed by atoms with Crippen LogP contribution in [0.15, 0.2) is 41.6 Å². The van der Waals surface area contributed by atoms with Gasteiger partial charge in [-0.2, -0.15) is 5.10 Å². The first-order valence-corrected chi connectivity index (χ1v) is 7.87. The molecule has 1 atom stereocenters. The largest absolute Gasteiger partial charge is 0.310 e. The van der Waals surface area contributed by atoms with Gasteiger partial charge in [0.05, 0.1) is 11.9 Å². The third-order valence-electron chi connectivity index (χ3n) is 2.97. The summed E-state index contributed by atoms with van der Waals surface area (Å²) in [4.78, 5) is 0.114. The molecule has 0 aliphatic rings. The van der Waals surface area contributed by atoms with Crippen molar-refractivity contribution < 1.29 is 8.42 Å². The van der Waals surface area contributed by atoms with Gasteiger partial charge in [0, 0.05) is 12.2 Å². The lowest BCUT2D eigenvalue weighted by atomic mass is 10.1. The molecule has 1 aromatic carbocycles. The van der Waals surface area contributed by atoms with Gasteiger partial charge in [0.15, 0.2) is 0 Å². The Morgan fingerprint density at radius 2 is 2.10 bits per heavy atom. The van der Waals surface area contributed by atoms with Crippen LogP contribution in [-0.2, 0) is 10.0 Å². The Morgan fingerprint density at radius 3 is 2.75 bits per heavy atom. The molecule has 0 aliphatic carbocycles. The highest BCUT2D eigenvalue weighted by Crippen LogP contribution is 2.24. The molecule has 7 heteroatoms. The Morgan fingerprint density at radius 1 is 1.35 bits per heavy atom. The molecule has 0 spiro atoms. The van der Waals surface area contributed by atoms with Gasteiger partial charge in [-0.05, 0) is 25.1 Å². The highest BCUT2D eigenvalue weighted by atomic mass is 32.2. The second-order valence-corrected chi connectivity index (χ2v) is 6.09. The Kier molecular flexibility index (Phi) is 4.41. The van der Waals surface area contributed by atoms with Crippen molar-refractivity contribution in [1.29, 1.82) is 0 Å². The second-order valence-electron chi connectivity index (χ2n) is 4.41. The predicted molar refractivity (Wildman–Crippen MR) is 77.9 cm³/mol. The minimum Gasteiger partial charge on any atom is -0.310 e. The van der Waals surface area contributed by atoms with E-state index in [1.54, 1.807) is 12.1 Å². The lowest BCUT2D eigenvalue weighted by Gasteiger charge is -2.17. The number of hydrogen-bond acceptors (Lipinski definition) is 4. The van der Waals surface area contributed by atoms with E-state index in [1.807, 2.05) is 26.0 Å². The fraction of sp³-hybridized carbons (Fsp3) is 0.308. The number of sulfonamides is 1. The van der Waals surface area contributed by atoms with Crippen molar-refractivity contribution >= 4 is 15.7 Å². The van der Waals surface area contributed by atoms with Crippen molar-refractivity contribution in [3.8, 4) is 0 Å². The van der Waals surface area contributed by atoms with Crippen LogP contribution in [0.2, 0.25) is 0 Å². The number of H-pyrrole nitrogens is 1. The molecule has 1 aromatic heterocycles. The average molecular weight is 294 g/mol. The maximum atomic E-state index is 12.2. The van der Waals surface area contributed by atoms with Gasteiger partial charge in [0.25, 0.3) is 10.0 Å². The van der Waals surface area contributed by atoms with E-state index in [0.29, 0.717) is 5.69 Å². The van der Waals surface area contributed by atoms with Crippen LogP contribution >= 0.6 is 0 Å². The van der Waals surface area contributed by atoms with E-state index >= 15 is 0 Å². The first-order chi connectivity index (χ1) is 9.54. The zero-order valence-electron chi connectivity index (χ0n) is 11.4. The molecule has 0 bridgehead atoms. The Hall–Kier alpha value is -1.86. The maximum Gasteiger partial charge on any atom is 0.265 e. The van der Waals surface area contributed by atoms with Crippen molar-refractivity contribution in [2.24, 2.45) is 0 Å². The molecule has 20 heavy (non-hydrogen) atoms. The van der Waals surface area contributed by atoms with Gasteiger partial charge in [-0.1, -0.05) is 25.1 Å². The van der Waals surface area contributed by atoms with E-state index < -0.39 is 10.0 Å². The van der Waals surface area contributed by atoms with Crippen molar-refractivity contribution in [1.82, 2.24) is 15.5 Å². The second kappa shape index (κ2) is 6.06. The quantitative estimate of drug-likeness (QED) is 0.759. The van der Waals surface area contributed by atoms with Crippen molar-refractivity contribution in [2.45, 2.75) is 24.8 Å². The molecule has 0 fully saturated rings. The summed E-state index contributed by atoms with van der Waals surface area (Å²) in [5.41, 5.74) is 1.48. The number of aromatic amines is 1. The zero-order chi connectivity index (χ0) is 14.6. The van der Waals surface area contributed by atoms with E-state index in [0.717, 1.165) is 12.1 Å². The monoisotopic (exact) mass is 294 g/mol. The van der Waals surface area contributed by atoms with Gasteiger partial charge >= 0.3 is 0 Å². The molecule has 3 N–H and O–H groups in total. The van der Waals surface area contributed by atoms with Crippen LogP contribution in [0.4, 0.5) is 5.69 Å². The van der Waals surface area contributed by atoms with Crippen LogP contribution in [-0.4, -0.2) is 25.2 Å². The minimum atomic E-state index is -3.61. The topological polar surface area (TPSA) is 86.9 Å². The maximum absolute atomic E-state index is 12.2. The van der Waals surface area contributed by atoms with Gasteiger partial charge in [-0.3, -0.25) is 9.82 Å². The van der Waals surface area contributed by atoms with Crippen molar-refractivity contribution in [3.63, 3.8) is 0 Å². The molecule has 6 nitrogen and oxygen atoms in total. The third-order valence-corrected chi connectivity index (χ3v) is 4.30. The number of nitrogens with zero attached hydrogens (tertiary/aromatic N) is 1. The number of aromatic nitrogens is 2. The summed E-state index contributed by atoms with van der Waals surface area (Å²) in [5.74, 6) is 0. The van der Waals surface area contributed by atoms with Gasteiger partial charge in [-0.25, -0.2) is 8.42 Å². The van der Waals surface area contributed by atoms with Crippen LogP contribution in [0.1, 0.15) is 25.5 Å². The van der Waals surface area contributed by atoms with Crippen molar-refractivity contribution in [2.75, 3.05) is 11.3 Å². The zero-order valence-corrected chi connectivity index (χ0v) is 12.2. The molecule has 1 heterocycles. The first kappa shape index (κ1) is 14.5. The molecule has 2 aromatic rings. The van der Waals surface area contributed by atoms with Crippen LogP contribution in [0.25, 0.3) is 0 Å². The summed E-state index contributed by atoms with van der Waals surface area (Å²) < 4.78 is 27.0. The summed E-state index contributed by atoms with van der Waals surface area (Å²) in [6.07, 6.45) is 2.62. The lowest BCUT2D eigenvalue weighted by Crippen LogP contribution is -2.20. The molecule has 2 rings (SSSR count). The fourth-order valence-corrected chi connectivity index (χ4v) is 2.97. The lowest BCUT2D eigenvalue weighted by molar-refractivity contribution is 0.596. The number of para-hydroxylation sites is 1. The van der Waals surface area contributed by atoms with E-state index in [-0.39, 0.29) is 10.9 Å². The van der Waals surface area contributed by atoms with E-state index in [2.05, 4.69) is 20.2 Å². The Balaban J connectivity index is 2.30. The summed E-state index contributed by atoms with van der Waals surface area (Å²) in [7, 11) is -3.61. The number of nitrogens with one attached hydrogen (secondary N) is 3. The van der Waals surface area contributed by atoms with Crippen molar-refractivity contribution in [3.05, 3.63) is 42.2 Å². The van der Waals surface area contributed by atoms with Crippen LogP contribution in [0.5, 0.6) is 0 Å². The van der Waals surface area contributed by atoms with Crippen LogP contribution in [0, 0.1) is 0 Å². The smallest absolute Gasteiger partial charge is 0.265 e. The average Bonchev–Trinajstić information content (AvgIpc) is 2.94. The highest BCUT2D eigenvalue weighted by Gasteiger charge is 2.18. The molecule has 1 unspecified atom stereocenters. The number of rotatable bonds is 6. The predicted octanol–water partition coefficient (Wildman–Crippen LogP) is 1.88. The molecule has 0 saturated heterocycles. The van der Waals surface area contributed by atoms with E-state index in [4.69, 9.17) is 0 Å². The Labute approximate surface area is 118 Å². The van der Waals surface area contributed by atoms with Gasteiger partial charge < -0.3 is 5.32 Å². The standard InChI is InChI=1S/C13H18N4O2S/c1-3-14-10(2)12-6-4-5-7-13(12)17-20(18,19)11-8-15-16-9-11/h4-10,14,17H,3H2,1-2H3,(H,15,16). The molecule has 0 amide bonds. The third kappa shape index (κ3) is 3.17. The van der Waals surface area contributed by atoms with E-state index in [9.17, 15) is 8.42 Å². The highest BCUT2D eigenvalue weighted by molar-refractivity contribution is 7.92. The number of anilines is 1. The molecular weight excluding hydrogens is 276 g/mol. The van der Waals surface area contributed by atoms with E-state index in [1.165, 1.54) is 12.4 Å². The Bertz CT molecular complexity index is 653. The normalized spacial score (nSPS) is 13.1. The molecule has 0 radical (unpaired) electrons. The summed E-state index contributed by atoms with van der Waals surface area (Å²) >= 11 is 0. The molecule has 108 valence electrons. The van der Waals surface area contributed by atoms with Gasteiger partial charge in [0.2, 0.25) is 0 Å². The summed E-state index contributed by atoms with van der Waals surface area (Å²) in [6.45, 7) is 4.81. The summed E-state index contributed by atoms with van der Waals surface area (Å²) in [5, 5.41) is 9.43. The first-order valence-electron chi connectivity index (χ1n) is 6.38. The molecule has 0 aliphatic heterocycles. The summed E-state index contributed by atoms with van der Waals surface area (Å²) in [6, 6.07) is 7.40. The molecular formula is C13H18N4O2S. The van der Waals surface area contributed by atoms with Crippen LogP contribution in [0.3, 0.4) is 0 Å². The fourth-order valence-electron chi connectivity index (χ4n) is 1.97. The van der Waals surface area contributed by atoms with Gasteiger partial charge in [0.1, 0.15) is 4.90 Å². The SMILES string of the molecule is CCNC(C)c1ccccc1NS(=O)(=O)c1cn[nH]c1. The number of hydrogen-bond donors (Lipinski definition) is 3. The number of benzene rings is 1. The minimum absolute atomic E-state index is 0.0586. The van der Waals surface area contributed by atoms with Crippen LogP contribution < -0.4 is 10.0 Å².